The van der Waals surface area contributed by atoms with Crippen LogP contribution in [0.3, 0.4) is 0 Å². The van der Waals surface area contributed by atoms with E-state index in [0.717, 1.165) is 25.1 Å². The molecule has 0 unspecified atom stereocenters. The van der Waals surface area contributed by atoms with Crippen molar-refractivity contribution < 1.29 is 9.52 Å². The quantitative estimate of drug-likeness (QED) is 0.746. The van der Waals surface area contributed by atoms with Crippen molar-refractivity contribution in [1.29, 1.82) is 0 Å². The molecule has 0 saturated heterocycles. The summed E-state index contributed by atoms with van der Waals surface area (Å²) in [4.78, 5) is 0. The van der Waals surface area contributed by atoms with Crippen molar-refractivity contribution in [2.24, 2.45) is 0 Å². The zero-order chi connectivity index (χ0) is 11.9. The molecule has 1 heterocycles. The van der Waals surface area contributed by atoms with Crippen LogP contribution in [0, 0.1) is 0 Å². The summed E-state index contributed by atoms with van der Waals surface area (Å²) in [5.74, 6) is 0.851. The molecule has 0 aliphatic carbocycles. The van der Waals surface area contributed by atoms with E-state index in [0.29, 0.717) is 0 Å². The third-order valence-corrected chi connectivity index (χ3v) is 3.08. The second-order valence-electron chi connectivity index (χ2n) is 3.94. The fourth-order valence-electron chi connectivity index (χ4n) is 1.62. The zero-order valence-corrected chi connectivity index (χ0v) is 10.1. The van der Waals surface area contributed by atoms with Crippen molar-refractivity contribution in [3.63, 3.8) is 0 Å². The fraction of sp³-hybridized carbons (Fsp3) is 0.538. The lowest BCUT2D eigenvalue weighted by Crippen LogP contribution is -2.47. The Kier molecular flexibility index (Phi) is 5.29. The van der Waals surface area contributed by atoms with Crippen LogP contribution in [-0.2, 0) is 0 Å². The van der Waals surface area contributed by atoms with E-state index >= 15 is 0 Å². The molecule has 0 saturated carbocycles. The zero-order valence-electron chi connectivity index (χ0n) is 10.1. The lowest BCUT2D eigenvalue weighted by atomic mass is 9.94. The van der Waals surface area contributed by atoms with E-state index in [-0.39, 0.29) is 12.1 Å². The molecule has 3 heteroatoms. The summed E-state index contributed by atoms with van der Waals surface area (Å²) in [5.41, 5.74) is -0.145. The molecule has 0 bridgehead atoms. The monoisotopic (exact) mass is 223 g/mol. The molecule has 0 radical (unpaired) electrons. The maximum Gasteiger partial charge on any atom is 0.126 e. The molecule has 1 aromatic heterocycles. The van der Waals surface area contributed by atoms with Gasteiger partial charge in [0.25, 0.3) is 0 Å². The molecule has 16 heavy (non-hydrogen) atoms. The average Bonchev–Trinajstić information content (AvgIpc) is 2.83. The van der Waals surface area contributed by atoms with Gasteiger partial charge in [-0.3, -0.25) is 0 Å². The molecular weight excluding hydrogens is 202 g/mol. The van der Waals surface area contributed by atoms with Crippen LogP contribution in [-0.4, -0.2) is 23.8 Å². The first-order valence-electron chi connectivity index (χ1n) is 5.82. The largest absolute Gasteiger partial charge is 0.465 e. The van der Waals surface area contributed by atoms with Crippen LogP contribution in [0.25, 0.3) is 6.08 Å². The van der Waals surface area contributed by atoms with E-state index in [1.54, 1.807) is 6.26 Å². The van der Waals surface area contributed by atoms with Crippen LogP contribution in [0.2, 0.25) is 0 Å². The van der Waals surface area contributed by atoms with Gasteiger partial charge in [0.1, 0.15) is 5.76 Å². The first kappa shape index (κ1) is 13.0. The SMILES string of the molecule is CCC(CC)(CO)NC/C=C/c1ccco1. The molecule has 0 atom stereocenters. The molecule has 0 aliphatic rings. The average molecular weight is 223 g/mol. The Hall–Kier alpha value is -1.06. The molecule has 90 valence electrons. The first-order valence-corrected chi connectivity index (χ1v) is 5.82. The van der Waals surface area contributed by atoms with Crippen LogP contribution in [0.4, 0.5) is 0 Å². The van der Waals surface area contributed by atoms with Crippen molar-refractivity contribution in [2.45, 2.75) is 32.2 Å². The second kappa shape index (κ2) is 6.51. The molecule has 0 aliphatic heterocycles. The van der Waals surface area contributed by atoms with Gasteiger partial charge in [0, 0.05) is 12.1 Å². The normalized spacial score (nSPS) is 12.4. The first-order chi connectivity index (χ1) is 7.76. The van der Waals surface area contributed by atoms with Gasteiger partial charge in [-0.15, -0.1) is 0 Å². The van der Waals surface area contributed by atoms with E-state index in [4.69, 9.17) is 4.42 Å². The lowest BCUT2D eigenvalue weighted by Gasteiger charge is -2.30. The molecule has 3 nitrogen and oxygen atoms in total. The van der Waals surface area contributed by atoms with Gasteiger partial charge in [0.15, 0.2) is 0 Å². The number of hydrogen-bond acceptors (Lipinski definition) is 3. The summed E-state index contributed by atoms with van der Waals surface area (Å²) in [5, 5.41) is 12.7. The molecule has 0 amide bonds. The number of aliphatic hydroxyl groups is 1. The number of rotatable bonds is 7. The summed E-state index contributed by atoms with van der Waals surface area (Å²) in [6, 6.07) is 3.78. The number of furan rings is 1. The highest BCUT2D eigenvalue weighted by Gasteiger charge is 2.23. The lowest BCUT2D eigenvalue weighted by molar-refractivity contribution is 0.155. The van der Waals surface area contributed by atoms with Gasteiger partial charge in [-0.05, 0) is 31.1 Å². The molecule has 1 aromatic rings. The van der Waals surface area contributed by atoms with Gasteiger partial charge < -0.3 is 14.8 Å². The minimum absolute atomic E-state index is 0.145. The van der Waals surface area contributed by atoms with Crippen LogP contribution in [0.15, 0.2) is 28.9 Å². The van der Waals surface area contributed by atoms with Crippen molar-refractivity contribution in [3.05, 3.63) is 30.2 Å². The topological polar surface area (TPSA) is 45.4 Å². The van der Waals surface area contributed by atoms with E-state index in [1.165, 1.54) is 0 Å². The Bertz CT molecular complexity index is 291. The van der Waals surface area contributed by atoms with Crippen LogP contribution in [0.1, 0.15) is 32.4 Å². The maximum atomic E-state index is 9.35. The predicted octanol–water partition coefficient (Wildman–Crippen LogP) is 2.43. The van der Waals surface area contributed by atoms with Crippen molar-refractivity contribution >= 4 is 6.08 Å². The number of hydrogen-bond donors (Lipinski definition) is 2. The highest BCUT2D eigenvalue weighted by molar-refractivity contribution is 5.42. The third kappa shape index (κ3) is 3.51. The Morgan fingerprint density at radius 3 is 2.69 bits per heavy atom. The maximum absolute atomic E-state index is 9.35. The Morgan fingerprint density at radius 1 is 1.44 bits per heavy atom. The van der Waals surface area contributed by atoms with Crippen molar-refractivity contribution in [3.8, 4) is 0 Å². The molecule has 1 rings (SSSR count). The summed E-state index contributed by atoms with van der Waals surface area (Å²) < 4.78 is 5.18. The van der Waals surface area contributed by atoms with Gasteiger partial charge in [0.2, 0.25) is 0 Å². The van der Waals surface area contributed by atoms with E-state index in [9.17, 15) is 5.11 Å². The third-order valence-electron chi connectivity index (χ3n) is 3.08. The van der Waals surface area contributed by atoms with E-state index in [2.05, 4.69) is 19.2 Å². The van der Waals surface area contributed by atoms with E-state index < -0.39 is 0 Å². The number of nitrogens with one attached hydrogen (secondary N) is 1. The van der Waals surface area contributed by atoms with Gasteiger partial charge >= 0.3 is 0 Å². The van der Waals surface area contributed by atoms with Gasteiger partial charge in [0.05, 0.1) is 12.9 Å². The summed E-state index contributed by atoms with van der Waals surface area (Å²) >= 11 is 0. The highest BCUT2D eigenvalue weighted by atomic mass is 16.3. The molecule has 2 N–H and O–H groups in total. The summed E-state index contributed by atoms with van der Waals surface area (Å²) in [6.45, 7) is 5.09. The standard InChI is InChI=1S/C13H21NO2/c1-3-13(4-2,11-15)14-9-5-7-12-8-6-10-16-12/h5-8,10,14-15H,3-4,9,11H2,1-2H3/b7-5+. The Labute approximate surface area is 97.2 Å². The number of aliphatic hydroxyl groups excluding tert-OH is 1. The smallest absolute Gasteiger partial charge is 0.126 e. The molecule has 0 fully saturated rings. The Morgan fingerprint density at radius 2 is 2.19 bits per heavy atom. The minimum atomic E-state index is -0.145. The summed E-state index contributed by atoms with van der Waals surface area (Å²) in [7, 11) is 0. The van der Waals surface area contributed by atoms with Crippen molar-refractivity contribution in [1.82, 2.24) is 5.32 Å². The van der Waals surface area contributed by atoms with Crippen molar-refractivity contribution in [2.75, 3.05) is 13.2 Å². The Balaban J connectivity index is 2.39. The highest BCUT2D eigenvalue weighted by Crippen LogP contribution is 2.13. The summed E-state index contributed by atoms with van der Waals surface area (Å²) in [6.07, 6.45) is 7.45. The molecule has 0 aromatic carbocycles. The van der Waals surface area contributed by atoms with Gasteiger partial charge in [-0.1, -0.05) is 19.9 Å². The fourth-order valence-corrected chi connectivity index (χ4v) is 1.62. The van der Waals surface area contributed by atoms with Crippen LogP contribution in [0.5, 0.6) is 0 Å². The minimum Gasteiger partial charge on any atom is -0.465 e. The van der Waals surface area contributed by atoms with Crippen LogP contribution >= 0.6 is 0 Å². The van der Waals surface area contributed by atoms with Gasteiger partial charge in [-0.25, -0.2) is 0 Å². The predicted molar refractivity (Wildman–Crippen MR) is 66.1 cm³/mol. The molecule has 0 spiro atoms. The van der Waals surface area contributed by atoms with E-state index in [1.807, 2.05) is 24.3 Å². The van der Waals surface area contributed by atoms with Gasteiger partial charge in [-0.2, -0.15) is 0 Å². The van der Waals surface area contributed by atoms with Crippen LogP contribution < -0.4 is 5.32 Å². The second-order valence-corrected chi connectivity index (χ2v) is 3.94. The molecular formula is C13H21NO2.